The fraction of sp³-hybridized carbons (Fsp3) is 0.438. The van der Waals surface area contributed by atoms with Crippen LogP contribution in [0.1, 0.15) is 37.2 Å². The minimum absolute atomic E-state index is 0.0298. The average Bonchev–Trinajstić information content (AvgIpc) is 3.34. The van der Waals surface area contributed by atoms with E-state index in [9.17, 15) is 4.79 Å². The fourth-order valence-electron chi connectivity index (χ4n) is 2.35. The van der Waals surface area contributed by atoms with Crippen molar-refractivity contribution in [3.8, 4) is 0 Å². The van der Waals surface area contributed by atoms with E-state index in [0.717, 1.165) is 24.4 Å². The summed E-state index contributed by atoms with van der Waals surface area (Å²) in [6.07, 6.45) is 2.27. The van der Waals surface area contributed by atoms with Crippen LogP contribution in [0, 0.1) is 4.77 Å². The SMILES string of the molecule is CC(SCc1ccccc1)C(=O)NCc1n[nH]c(=S)n1C1CC1. The topological polar surface area (TPSA) is 62.7 Å². The molecule has 1 unspecified atom stereocenters. The number of H-pyrrole nitrogens is 1. The van der Waals surface area contributed by atoms with Gasteiger partial charge in [-0.1, -0.05) is 30.3 Å². The van der Waals surface area contributed by atoms with Gasteiger partial charge in [0.1, 0.15) is 0 Å². The average molecular weight is 348 g/mol. The Balaban J connectivity index is 1.50. The zero-order chi connectivity index (χ0) is 16.2. The highest BCUT2D eigenvalue weighted by Crippen LogP contribution is 2.35. The van der Waals surface area contributed by atoms with Crippen molar-refractivity contribution < 1.29 is 4.79 Å². The molecule has 23 heavy (non-hydrogen) atoms. The van der Waals surface area contributed by atoms with Gasteiger partial charge >= 0.3 is 0 Å². The Hall–Kier alpha value is -1.60. The van der Waals surface area contributed by atoms with Crippen LogP contribution in [-0.2, 0) is 17.1 Å². The standard InChI is InChI=1S/C16H20N4OS2/c1-11(23-10-12-5-3-2-4-6-12)15(21)17-9-14-18-19-16(22)20(14)13-7-8-13/h2-6,11,13H,7-10H2,1H3,(H,17,21)(H,19,22). The van der Waals surface area contributed by atoms with E-state index in [-0.39, 0.29) is 11.2 Å². The lowest BCUT2D eigenvalue weighted by Gasteiger charge is -2.12. The van der Waals surface area contributed by atoms with Gasteiger partial charge in [0.2, 0.25) is 5.91 Å². The zero-order valence-corrected chi connectivity index (χ0v) is 14.6. The quantitative estimate of drug-likeness (QED) is 0.754. The molecule has 1 amide bonds. The highest BCUT2D eigenvalue weighted by atomic mass is 32.2. The number of rotatable bonds is 7. The Morgan fingerprint density at radius 2 is 2.22 bits per heavy atom. The smallest absolute Gasteiger partial charge is 0.233 e. The summed E-state index contributed by atoms with van der Waals surface area (Å²) >= 11 is 6.88. The van der Waals surface area contributed by atoms with Gasteiger partial charge in [-0.3, -0.25) is 14.5 Å². The molecular weight excluding hydrogens is 328 g/mol. The first-order valence-electron chi connectivity index (χ1n) is 7.74. The van der Waals surface area contributed by atoms with Crippen molar-refractivity contribution >= 4 is 29.9 Å². The second-order valence-electron chi connectivity index (χ2n) is 5.70. The van der Waals surface area contributed by atoms with Crippen LogP contribution >= 0.6 is 24.0 Å². The van der Waals surface area contributed by atoms with Crippen molar-refractivity contribution in [1.29, 1.82) is 0 Å². The molecule has 7 heteroatoms. The lowest BCUT2D eigenvalue weighted by molar-refractivity contribution is -0.120. The summed E-state index contributed by atoms with van der Waals surface area (Å²) in [5.41, 5.74) is 1.23. The molecule has 1 heterocycles. The third-order valence-electron chi connectivity index (χ3n) is 3.82. The van der Waals surface area contributed by atoms with Crippen LogP contribution in [0.4, 0.5) is 0 Å². The van der Waals surface area contributed by atoms with Crippen LogP contribution in [0.5, 0.6) is 0 Å². The van der Waals surface area contributed by atoms with E-state index in [1.807, 2.05) is 29.7 Å². The number of thioether (sulfide) groups is 1. The maximum absolute atomic E-state index is 12.2. The summed E-state index contributed by atoms with van der Waals surface area (Å²) in [6.45, 7) is 2.35. The normalized spacial score (nSPS) is 15.3. The van der Waals surface area contributed by atoms with Gasteiger partial charge < -0.3 is 5.32 Å². The number of carbonyl (C=O) groups excluding carboxylic acids is 1. The first kappa shape index (κ1) is 16.3. The molecule has 0 radical (unpaired) electrons. The lowest BCUT2D eigenvalue weighted by atomic mass is 10.2. The van der Waals surface area contributed by atoms with E-state index < -0.39 is 0 Å². The molecular formula is C16H20N4OS2. The molecule has 3 rings (SSSR count). The number of aromatic nitrogens is 3. The first-order chi connectivity index (χ1) is 11.1. The van der Waals surface area contributed by atoms with Crippen LogP contribution in [0.15, 0.2) is 30.3 Å². The summed E-state index contributed by atoms with van der Waals surface area (Å²) in [7, 11) is 0. The largest absolute Gasteiger partial charge is 0.348 e. The van der Waals surface area contributed by atoms with Crippen LogP contribution in [0.2, 0.25) is 0 Å². The molecule has 1 aromatic heterocycles. The van der Waals surface area contributed by atoms with Crippen LogP contribution in [0.3, 0.4) is 0 Å². The van der Waals surface area contributed by atoms with Crippen molar-refractivity contribution in [3.63, 3.8) is 0 Å². The van der Waals surface area contributed by atoms with E-state index in [1.165, 1.54) is 5.56 Å². The Morgan fingerprint density at radius 3 is 2.91 bits per heavy atom. The first-order valence-corrected chi connectivity index (χ1v) is 9.20. The van der Waals surface area contributed by atoms with E-state index in [1.54, 1.807) is 11.8 Å². The lowest BCUT2D eigenvalue weighted by Crippen LogP contribution is -2.31. The van der Waals surface area contributed by atoms with Crippen LogP contribution < -0.4 is 5.32 Å². The molecule has 2 aromatic rings. The number of nitrogens with zero attached hydrogens (tertiary/aromatic N) is 2. The molecule has 0 aliphatic heterocycles. The highest BCUT2D eigenvalue weighted by molar-refractivity contribution is 7.99. The molecule has 0 spiro atoms. The number of hydrogen-bond donors (Lipinski definition) is 2. The number of benzene rings is 1. The van der Waals surface area contributed by atoms with Gasteiger partial charge in [0.25, 0.3) is 0 Å². The van der Waals surface area contributed by atoms with Crippen molar-refractivity contribution in [3.05, 3.63) is 46.5 Å². The Labute approximate surface area is 144 Å². The molecule has 1 aliphatic rings. The van der Waals surface area contributed by atoms with Crippen molar-refractivity contribution in [2.45, 2.75) is 43.4 Å². The van der Waals surface area contributed by atoms with Gasteiger partial charge in [-0.25, -0.2) is 0 Å². The zero-order valence-electron chi connectivity index (χ0n) is 13.0. The summed E-state index contributed by atoms with van der Waals surface area (Å²) in [5, 5.41) is 9.90. The Morgan fingerprint density at radius 1 is 1.48 bits per heavy atom. The van der Waals surface area contributed by atoms with Crippen molar-refractivity contribution in [2.75, 3.05) is 0 Å². The second-order valence-corrected chi connectivity index (χ2v) is 7.42. The molecule has 0 saturated heterocycles. The number of carbonyl (C=O) groups is 1. The maximum Gasteiger partial charge on any atom is 0.233 e. The fourth-order valence-corrected chi connectivity index (χ4v) is 3.52. The molecule has 5 nitrogen and oxygen atoms in total. The molecule has 1 aromatic carbocycles. The molecule has 0 bridgehead atoms. The van der Waals surface area contributed by atoms with Crippen molar-refractivity contribution in [1.82, 2.24) is 20.1 Å². The molecule has 1 fully saturated rings. The predicted octanol–water partition coefficient (Wildman–Crippen LogP) is 3.21. The number of hydrogen-bond acceptors (Lipinski definition) is 4. The third kappa shape index (κ3) is 4.23. The monoisotopic (exact) mass is 348 g/mol. The second kappa shape index (κ2) is 7.31. The van der Waals surface area contributed by atoms with E-state index >= 15 is 0 Å². The molecule has 1 aliphatic carbocycles. The molecule has 2 N–H and O–H groups in total. The number of amides is 1. The van der Waals surface area contributed by atoms with Gasteiger partial charge in [-0.15, -0.1) is 11.8 Å². The summed E-state index contributed by atoms with van der Waals surface area (Å²) in [4.78, 5) is 12.2. The summed E-state index contributed by atoms with van der Waals surface area (Å²) in [6, 6.07) is 10.6. The molecule has 1 saturated carbocycles. The van der Waals surface area contributed by atoms with Gasteiger partial charge in [0.15, 0.2) is 10.6 Å². The highest BCUT2D eigenvalue weighted by Gasteiger charge is 2.27. The maximum atomic E-state index is 12.2. The third-order valence-corrected chi connectivity index (χ3v) is 5.32. The van der Waals surface area contributed by atoms with Crippen molar-refractivity contribution in [2.24, 2.45) is 0 Å². The Kier molecular flexibility index (Phi) is 5.17. The van der Waals surface area contributed by atoms with Gasteiger partial charge in [-0.05, 0) is 37.5 Å². The number of aromatic amines is 1. The minimum Gasteiger partial charge on any atom is -0.348 e. The Bertz CT molecular complexity index is 721. The van der Waals surface area contributed by atoms with E-state index in [0.29, 0.717) is 17.4 Å². The van der Waals surface area contributed by atoms with Crippen LogP contribution in [-0.4, -0.2) is 25.9 Å². The predicted molar refractivity (Wildman–Crippen MR) is 94.7 cm³/mol. The summed E-state index contributed by atoms with van der Waals surface area (Å²) < 4.78 is 2.67. The molecule has 1 atom stereocenters. The van der Waals surface area contributed by atoms with Gasteiger partial charge in [0.05, 0.1) is 11.8 Å². The van der Waals surface area contributed by atoms with Crippen LogP contribution in [0.25, 0.3) is 0 Å². The van der Waals surface area contributed by atoms with E-state index in [2.05, 4.69) is 27.6 Å². The van der Waals surface area contributed by atoms with E-state index in [4.69, 9.17) is 12.2 Å². The summed E-state index contributed by atoms with van der Waals surface area (Å²) in [5.74, 6) is 1.67. The molecule has 122 valence electrons. The minimum atomic E-state index is -0.105. The van der Waals surface area contributed by atoms with Gasteiger partial charge in [0, 0.05) is 11.8 Å². The number of nitrogens with one attached hydrogen (secondary N) is 2. The van der Waals surface area contributed by atoms with Gasteiger partial charge in [-0.2, -0.15) is 5.10 Å².